The fourth-order valence-corrected chi connectivity index (χ4v) is 2.99. The zero-order valence-corrected chi connectivity index (χ0v) is 13.2. The molecule has 3 aromatic rings. The third-order valence-corrected chi connectivity index (χ3v) is 4.36. The predicted molar refractivity (Wildman–Crippen MR) is 85.0 cm³/mol. The Morgan fingerprint density at radius 1 is 1.33 bits per heavy atom. The molecule has 0 atom stereocenters. The zero-order chi connectivity index (χ0) is 14.7. The van der Waals surface area contributed by atoms with Crippen LogP contribution < -0.4 is 5.32 Å². The molecule has 0 bridgehead atoms. The lowest BCUT2D eigenvalue weighted by Crippen LogP contribution is -2.23. The maximum atomic E-state index is 11.9. The molecule has 0 radical (unpaired) electrons. The SMILES string of the molecule is O=C(NCc1csc(-c2ccccc2)n1)c1[nH]ncc1Br. The molecule has 3 rings (SSSR count). The number of nitrogens with zero attached hydrogens (tertiary/aromatic N) is 2. The molecule has 0 fully saturated rings. The van der Waals surface area contributed by atoms with Gasteiger partial charge in [-0.1, -0.05) is 30.3 Å². The third kappa shape index (κ3) is 3.20. The van der Waals surface area contributed by atoms with Crippen LogP contribution in [0.5, 0.6) is 0 Å². The average Bonchev–Trinajstić information content (AvgIpc) is 3.15. The molecule has 2 N–H and O–H groups in total. The molecule has 2 aromatic heterocycles. The van der Waals surface area contributed by atoms with E-state index in [-0.39, 0.29) is 5.91 Å². The second kappa shape index (κ2) is 6.19. The number of H-pyrrole nitrogens is 1. The molecule has 0 unspecified atom stereocenters. The van der Waals surface area contributed by atoms with Gasteiger partial charge in [-0.15, -0.1) is 11.3 Å². The van der Waals surface area contributed by atoms with Crippen LogP contribution in [0.3, 0.4) is 0 Å². The van der Waals surface area contributed by atoms with Gasteiger partial charge in [0, 0.05) is 10.9 Å². The summed E-state index contributed by atoms with van der Waals surface area (Å²) in [4.78, 5) is 16.5. The van der Waals surface area contributed by atoms with Crippen LogP contribution in [0.2, 0.25) is 0 Å². The summed E-state index contributed by atoms with van der Waals surface area (Å²) >= 11 is 4.82. The lowest BCUT2D eigenvalue weighted by Gasteiger charge is -2.01. The summed E-state index contributed by atoms with van der Waals surface area (Å²) in [5.74, 6) is -0.214. The normalized spacial score (nSPS) is 10.5. The van der Waals surface area contributed by atoms with E-state index < -0.39 is 0 Å². The Morgan fingerprint density at radius 2 is 2.14 bits per heavy atom. The second-order valence-electron chi connectivity index (χ2n) is 4.29. The fourth-order valence-electron chi connectivity index (χ4n) is 1.79. The van der Waals surface area contributed by atoms with Gasteiger partial charge in [0.15, 0.2) is 0 Å². The summed E-state index contributed by atoms with van der Waals surface area (Å²) in [6, 6.07) is 9.97. The molecule has 0 aliphatic heterocycles. The van der Waals surface area contributed by atoms with E-state index in [0.29, 0.717) is 16.7 Å². The molecule has 21 heavy (non-hydrogen) atoms. The molecule has 1 aromatic carbocycles. The monoisotopic (exact) mass is 362 g/mol. The smallest absolute Gasteiger partial charge is 0.270 e. The van der Waals surface area contributed by atoms with E-state index in [1.165, 1.54) is 0 Å². The number of hydrogen-bond donors (Lipinski definition) is 2. The van der Waals surface area contributed by atoms with Crippen LogP contribution in [0.4, 0.5) is 0 Å². The molecule has 7 heteroatoms. The van der Waals surface area contributed by atoms with Crippen molar-refractivity contribution in [1.82, 2.24) is 20.5 Å². The molecule has 0 spiro atoms. The van der Waals surface area contributed by atoms with Gasteiger partial charge < -0.3 is 5.32 Å². The minimum Gasteiger partial charge on any atom is -0.345 e. The Hall–Kier alpha value is -1.99. The summed E-state index contributed by atoms with van der Waals surface area (Å²) in [6.07, 6.45) is 1.55. The number of carbonyl (C=O) groups excluding carboxylic acids is 1. The number of benzene rings is 1. The molecule has 2 heterocycles. The highest BCUT2D eigenvalue weighted by atomic mass is 79.9. The summed E-state index contributed by atoms with van der Waals surface area (Å²) in [5.41, 5.74) is 2.33. The van der Waals surface area contributed by atoms with E-state index in [4.69, 9.17) is 0 Å². The minimum atomic E-state index is -0.214. The largest absolute Gasteiger partial charge is 0.345 e. The van der Waals surface area contributed by atoms with Gasteiger partial charge >= 0.3 is 0 Å². The molecule has 0 aliphatic rings. The second-order valence-corrected chi connectivity index (χ2v) is 6.00. The van der Waals surface area contributed by atoms with Crippen LogP contribution in [0, 0.1) is 0 Å². The van der Waals surface area contributed by atoms with Crippen molar-refractivity contribution in [2.24, 2.45) is 0 Å². The van der Waals surface area contributed by atoms with E-state index in [0.717, 1.165) is 16.3 Å². The number of carbonyl (C=O) groups is 1. The van der Waals surface area contributed by atoms with Crippen molar-refractivity contribution in [3.8, 4) is 10.6 Å². The molecular weight excluding hydrogens is 352 g/mol. The van der Waals surface area contributed by atoms with Gasteiger partial charge in [0.2, 0.25) is 0 Å². The van der Waals surface area contributed by atoms with Crippen LogP contribution in [-0.4, -0.2) is 21.1 Å². The van der Waals surface area contributed by atoms with Crippen LogP contribution in [0.15, 0.2) is 46.4 Å². The van der Waals surface area contributed by atoms with Crippen molar-refractivity contribution >= 4 is 33.2 Å². The first-order valence-corrected chi connectivity index (χ1v) is 7.88. The van der Waals surface area contributed by atoms with Crippen LogP contribution in [0.25, 0.3) is 10.6 Å². The zero-order valence-electron chi connectivity index (χ0n) is 10.8. The van der Waals surface area contributed by atoms with E-state index in [1.54, 1.807) is 17.5 Å². The van der Waals surface area contributed by atoms with Crippen molar-refractivity contribution in [3.05, 3.63) is 57.8 Å². The van der Waals surface area contributed by atoms with Crippen molar-refractivity contribution in [2.45, 2.75) is 6.54 Å². The van der Waals surface area contributed by atoms with Crippen molar-refractivity contribution in [1.29, 1.82) is 0 Å². The Kier molecular flexibility index (Phi) is 4.12. The average molecular weight is 363 g/mol. The van der Waals surface area contributed by atoms with Crippen LogP contribution in [0.1, 0.15) is 16.2 Å². The highest BCUT2D eigenvalue weighted by Crippen LogP contribution is 2.23. The van der Waals surface area contributed by atoms with Crippen molar-refractivity contribution in [2.75, 3.05) is 0 Å². The van der Waals surface area contributed by atoms with Crippen molar-refractivity contribution < 1.29 is 4.79 Å². The molecule has 0 saturated heterocycles. The van der Waals surface area contributed by atoms with Crippen molar-refractivity contribution in [3.63, 3.8) is 0 Å². The number of rotatable bonds is 4. The quantitative estimate of drug-likeness (QED) is 0.748. The molecule has 1 amide bonds. The number of nitrogens with one attached hydrogen (secondary N) is 2. The lowest BCUT2D eigenvalue weighted by molar-refractivity contribution is 0.0944. The Morgan fingerprint density at radius 3 is 2.86 bits per heavy atom. The fraction of sp³-hybridized carbons (Fsp3) is 0.0714. The van der Waals surface area contributed by atoms with Crippen LogP contribution in [-0.2, 0) is 6.54 Å². The summed E-state index contributed by atoms with van der Waals surface area (Å²) in [7, 11) is 0. The van der Waals surface area contributed by atoms with E-state index in [9.17, 15) is 4.79 Å². The third-order valence-electron chi connectivity index (χ3n) is 2.82. The number of halogens is 1. The summed E-state index contributed by atoms with van der Waals surface area (Å²) in [5, 5.41) is 12.1. The number of thiazole rings is 1. The minimum absolute atomic E-state index is 0.214. The maximum absolute atomic E-state index is 11.9. The summed E-state index contributed by atoms with van der Waals surface area (Å²) in [6.45, 7) is 0.383. The van der Waals surface area contributed by atoms with Gasteiger partial charge in [0.1, 0.15) is 10.7 Å². The molecule has 0 saturated carbocycles. The number of hydrogen-bond acceptors (Lipinski definition) is 4. The standard InChI is InChI=1S/C14H11BrN4OS/c15-11-7-17-19-12(11)13(20)16-6-10-8-21-14(18-10)9-4-2-1-3-5-9/h1-5,7-8H,6H2,(H,16,20)(H,17,19). The van der Waals surface area contributed by atoms with Gasteiger partial charge in [-0.2, -0.15) is 5.10 Å². The topological polar surface area (TPSA) is 70.7 Å². The Balaban J connectivity index is 1.66. The molecule has 0 aliphatic carbocycles. The summed E-state index contributed by atoms with van der Waals surface area (Å²) < 4.78 is 0.642. The van der Waals surface area contributed by atoms with Gasteiger partial charge in [0.05, 0.1) is 22.9 Å². The lowest BCUT2D eigenvalue weighted by atomic mass is 10.2. The first-order valence-electron chi connectivity index (χ1n) is 6.21. The molecule has 106 valence electrons. The predicted octanol–water partition coefficient (Wildman–Crippen LogP) is 3.23. The first kappa shape index (κ1) is 14.0. The number of amides is 1. The Bertz CT molecular complexity index is 753. The van der Waals surface area contributed by atoms with Crippen LogP contribution >= 0.6 is 27.3 Å². The Labute approximate surface area is 133 Å². The first-order chi connectivity index (χ1) is 10.2. The van der Waals surface area contributed by atoms with Gasteiger partial charge in [-0.3, -0.25) is 9.89 Å². The number of aromatic amines is 1. The highest BCUT2D eigenvalue weighted by Gasteiger charge is 2.12. The number of aromatic nitrogens is 3. The maximum Gasteiger partial charge on any atom is 0.270 e. The highest BCUT2D eigenvalue weighted by molar-refractivity contribution is 9.10. The van der Waals surface area contributed by atoms with E-state index >= 15 is 0 Å². The van der Waals surface area contributed by atoms with Gasteiger partial charge in [-0.25, -0.2) is 4.98 Å². The van der Waals surface area contributed by atoms with Gasteiger partial charge in [0.25, 0.3) is 5.91 Å². The van der Waals surface area contributed by atoms with E-state index in [1.807, 2.05) is 35.7 Å². The molecular formula is C14H11BrN4OS. The van der Waals surface area contributed by atoms with E-state index in [2.05, 4.69) is 36.4 Å². The molecule has 5 nitrogen and oxygen atoms in total. The van der Waals surface area contributed by atoms with Gasteiger partial charge in [-0.05, 0) is 15.9 Å².